The standard InChI is InChI=1S/C18H25NO/c1-5-6-8-13-9-7-10-15-14(13)11-12-19-16(15)17(20)18(2,3)4/h7,9-12,17,20H,5-6,8H2,1-4H3. The molecule has 0 amide bonds. The number of fused-ring (bicyclic) bond motifs is 1. The van der Waals surface area contributed by atoms with E-state index in [1.807, 2.05) is 27.0 Å². The van der Waals surface area contributed by atoms with Crippen LogP contribution < -0.4 is 0 Å². The fourth-order valence-corrected chi connectivity index (χ4v) is 2.51. The minimum atomic E-state index is -0.548. The van der Waals surface area contributed by atoms with Gasteiger partial charge in [-0.3, -0.25) is 4.98 Å². The van der Waals surface area contributed by atoms with Crippen molar-refractivity contribution in [3.05, 3.63) is 41.7 Å². The Hall–Kier alpha value is -1.41. The fourth-order valence-electron chi connectivity index (χ4n) is 2.51. The van der Waals surface area contributed by atoms with Crippen LogP contribution in [-0.4, -0.2) is 10.1 Å². The van der Waals surface area contributed by atoms with Gasteiger partial charge in [0.15, 0.2) is 0 Å². The Morgan fingerprint density at radius 3 is 2.55 bits per heavy atom. The monoisotopic (exact) mass is 271 g/mol. The molecule has 0 spiro atoms. The Morgan fingerprint density at radius 1 is 1.15 bits per heavy atom. The number of aromatic nitrogens is 1. The number of aliphatic hydroxyl groups excluding tert-OH is 1. The number of nitrogens with zero attached hydrogens (tertiary/aromatic N) is 1. The van der Waals surface area contributed by atoms with Crippen LogP contribution in [-0.2, 0) is 6.42 Å². The second-order valence-corrected chi connectivity index (χ2v) is 6.58. The van der Waals surface area contributed by atoms with E-state index in [0.29, 0.717) is 0 Å². The molecule has 0 saturated carbocycles. The van der Waals surface area contributed by atoms with Crippen LogP contribution in [0.3, 0.4) is 0 Å². The molecule has 0 bridgehead atoms. The van der Waals surface area contributed by atoms with E-state index in [0.717, 1.165) is 17.5 Å². The van der Waals surface area contributed by atoms with E-state index < -0.39 is 6.10 Å². The average molecular weight is 271 g/mol. The lowest BCUT2D eigenvalue weighted by Crippen LogP contribution is -2.19. The van der Waals surface area contributed by atoms with E-state index in [-0.39, 0.29) is 5.41 Å². The first kappa shape index (κ1) is 15.0. The van der Waals surface area contributed by atoms with Crippen molar-refractivity contribution < 1.29 is 5.11 Å². The van der Waals surface area contributed by atoms with Gasteiger partial charge in [-0.1, -0.05) is 52.3 Å². The molecule has 0 fully saturated rings. The first-order valence-electron chi connectivity index (χ1n) is 7.49. The van der Waals surface area contributed by atoms with Gasteiger partial charge in [-0.25, -0.2) is 0 Å². The summed E-state index contributed by atoms with van der Waals surface area (Å²) in [5, 5.41) is 12.9. The molecule has 2 nitrogen and oxygen atoms in total. The lowest BCUT2D eigenvalue weighted by atomic mass is 9.85. The van der Waals surface area contributed by atoms with E-state index in [9.17, 15) is 5.11 Å². The maximum atomic E-state index is 10.6. The highest BCUT2D eigenvalue weighted by atomic mass is 16.3. The molecule has 2 rings (SSSR count). The maximum absolute atomic E-state index is 10.6. The number of hydrogen-bond acceptors (Lipinski definition) is 2. The summed E-state index contributed by atoms with van der Waals surface area (Å²) >= 11 is 0. The number of unbranched alkanes of at least 4 members (excludes halogenated alkanes) is 1. The Labute approximate surface area is 121 Å². The number of hydrogen-bond donors (Lipinski definition) is 1. The van der Waals surface area contributed by atoms with Crippen LogP contribution in [0.5, 0.6) is 0 Å². The van der Waals surface area contributed by atoms with Gasteiger partial charge in [-0.05, 0) is 35.3 Å². The lowest BCUT2D eigenvalue weighted by molar-refractivity contribution is 0.0603. The van der Waals surface area contributed by atoms with Crippen molar-refractivity contribution in [1.82, 2.24) is 4.98 Å². The minimum Gasteiger partial charge on any atom is -0.386 e. The molecule has 0 saturated heterocycles. The molecule has 0 aliphatic carbocycles. The summed E-state index contributed by atoms with van der Waals surface area (Å²) < 4.78 is 0. The van der Waals surface area contributed by atoms with Gasteiger partial charge in [0.1, 0.15) is 6.10 Å². The Kier molecular flexibility index (Phi) is 4.44. The second kappa shape index (κ2) is 5.92. The van der Waals surface area contributed by atoms with Crippen molar-refractivity contribution in [1.29, 1.82) is 0 Å². The van der Waals surface area contributed by atoms with Crippen LogP contribution in [0.1, 0.15) is 57.9 Å². The molecule has 20 heavy (non-hydrogen) atoms. The van der Waals surface area contributed by atoms with Crippen molar-refractivity contribution in [2.24, 2.45) is 5.41 Å². The Bertz CT molecular complexity index is 583. The highest BCUT2D eigenvalue weighted by Crippen LogP contribution is 2.35. The van der Waals surface area contributed by atoms with Crippen molar-refractivity contribution in [3.63, 3.8) is 0 Å². The molecule has 2 aromatic rings. The van der Waals surface area contributed by atoms with E-state index in [1.165, 1.54) is 23.8 Å². The number of rotatable bonds is 4. The van der Waals surface area contributed by atoms with E-state index in [2.05, 4.69) is 36.2 Å². The van der Waals surface area contributed by atoms with E-state index in [1.54, 1.807) is 0 Å². The quantitative estimate of drug-likeness (QED) is 0.877. The average Bonchev–Trinajstić information content (AvgIpc) is 2.42. The molecule has 1 N–H and O–H groups in total. The molecule has 108 valence electrons. The van der Waals surface area contributed by atoms with Crippen LogP contribution in [0.25, 0.3) is 10.8 Å². The Morgan fingerprint density at radius 2 is 1.90 bits per heavy atom. The molecule has 0 aliphatic rings. The summed E-state index contributed by atoms with van der Waals surface area (Å²) in [6.45, 7) is 8.33. The van der Waals surface area contributed by atoms with Crippen molar-refractivity contribution in [2.75, 3.05) is 0 Å². The van der Waals surface area contributed by atoms with Crippen LogP contribution in [0.2, 0.25) is 0 Å². The molecule has 0 aliphatic heterocycles. The van der Waals surface area contributed by atoms with Gasteiger partial charge in [0.25, 0.3) is 0 Å². The summed E-state index contributed by atoms with van der Waals surface area (Å²) in [5.74, 6) is 0. The van der Waals surface area contributed by atoms with Crippen LogP contribution in [0.4, 0.5) is 0 Å². The summed E-state index contributed by atoms with van der Waals surface area (Å²) in [6.07, 6.45) is 4.75. The van der Waals surface area contributed by atoms with Crippen molar-refractivity contribution >= 4 is 10.8 Å². The fraction of sp³-hybridized carbons (Fsp3) is 0.500. The number of aryl methyl sites for hydroxylation is 1. The lowest BCUT2D eigenvalue weighted by Gasteiger charge is -2.26. The van der Waals surface area contributed by atoms with E-state index >= 15 is 0 Å². The summed E-state index contributed by atoms with van der Waals surface area (Å²) in [6, 6.07) is 8.40. The molecular weight excluding hydrogens is 246 g/mol. The van der Waals surface area contributed by atoms with E-state index in [4.69, 9.17) is 0 Å². The zero-order chi connectivity index (χ0) is 14.8. The molecule has 1 aromatic carbocycles. The van der Waals surface area contributed by atoms with Gasteiger partial charge in [0.05, 0.1) is 5.69 Å². The van der Waals surface area contributed by atoms with Gasteiger partial charge >= 0.3 is 0 Å². The molecule has 2 heteroatoms. The third kappa shape index (κ3) is 3.01. The first-order chi connectivity index (χ1) is 9.45. The zero-order valence-corrected chi connectivity index (χ0v) is 13.0. The summed E-state index contributed by atoms with van der Waals surface area (Å²) in [7, 11) is 0. The number of pyridine rings is 1. The van der Waals surface area contributed by atoms with Crippen LogP contribution in [0.15, 0.2) is 30.5 Å². The topological polar surface area (TPSA) is 33.1 Å². The third-order valence-electron chi connectivity index (χ3n) is 3.81. The van der Waals surface area contributed by atoms with Gasteiger partial charge in [0, 0.05) is 11.6 Å². The summed E-state index contributed by atoms with van der Waals surface area (Å²) in [4.78, 5) is 4.44. The predicted molar refractivity (Wildman–Crippen MR) is 84.8 cm³/mol. The number of aliphatic hydroxyl groups is 1. The van der Waals surface area contributed by atoms with Gasteiger partial charge < -0.3 is 5.11 Å². The zero-order valence-electron chi connectivity index (χ0n) is 13.0. The van der Waals surface area contributed by atoms with Crippen LogP contribution >= 0.6 is 0 Å². The SMILES string of the molecule is CCCCc1cccc2c(C(O)C(C)(C)C)nccc12. The third-order valence-corrected chi connectivity index (χ3v) is 3.81. The molecule has 1 heterocycles. The van der Waals surface area contributed by atoms with Gasteiger partial charge in [-0.2, -0.15) is 0 Å². The predicted octanol–water partition coefficient (Wildman–Crippen LogP) is 4.66. The molecule has 1 unspecified atom stereocenters. The smallest absolute Gasteiger partial charge is 0.101 e. The van der Waals surface area contributed by atoms with Gasteiger partial charge in [-0.15, -0.1) is 0 Å². The molecule has 0 radical (unpaired) electrons. The first-order valence-corrected chi connectivity index (χ1v) is 7.49. The summed E-state index contributed by atoms with van der Waals surface area (Å²) in [5.41, 5.74) is 1.95. The minimum absolute atomic E-state index is 0.208. The highest BCUT2D eigenvalue weighted by molar-refractivity contribution is 5.87. The molecule has 1 aromatic heterocycles. The maximum Gasteiger partial charge on any atom is 0.101 e. The highest BCUT2D eigenvalue weighted by Gasteiger charge is 2.26. The molecular formula is C18H25NO. The number of benzene rings is 1. The van der Waals surface area contributed by atoms with Gasteiger partial charge in [0.2, 0.25) is 0 Å². The van der Waals surface area contributed by atoms with Crippen molar-refractivity contribution in [2.45, 2.75) is 53.1 Å². The molecule has 1 atom stereocenters. The van der Waals surface area contributed by atoms with Crippen molar-refractivity contribution in [3.8, 4) is 0 Å². The Balaban J connectivity index is 2.53. The second-order valence-electron chi connectivity index (χ2n) is 6.58. The normalized spacial score (nSPS) is 13.7. The van der Waals surface area contributed by atoms with Crippen LogP contribution in [0, 0.1) is 5.41 Å². The largest absolute Gasteiger partial charge is 0.386 e.